The van der Waals surface area contributed by atoms with Crippen molar-refractivity contribution < 1.29 is 14.6 Å². The second-order valence-electron chi connectivity index (χ2n) is 9.74. The first-order valence-corrected chi connectivity index (χ1v) is 13.3. The van der Waals surface area contributed by atoms with E-state index in [9.17, 15) is 4.79 Å². The number of aliphatic hydroxyl groups excluding tert-OH is 1. The Kier molecular flexibility index (Phi) is 8.21. The first-order valence-electron chi connectivity index (χ1n) is 12.3. The lowest BCUT2D eigenvalue weighted by molar-refractivity contribution is 0.102. The van der Waals surface area contributed by atoms with Crippen molar-refractivity contribution in [2.75, 3.05) is 47.0 Å². The maximum Gasteiger partial charge on any atom is 0.258 e. The SMILES string of the molecule is CC(C)CCOc1cccc(NC(=O)c2ccc(NSCCO)cc2N2CCC3(CC2)CC3)n1. The van der Waals surface area contributed by atoms with E-state index in [1.165, 1.54) is 37.6 Å². The van der Waals surface area contributed by atoms with Crippen LogP contribution in [0.25, 0.3) is 0 Å². The van der Waals surface area contributed by atoms with Crippen molar-refractivity contribution in [3.8, 4) is 5.88 Å². The standard InChI is InChI=1S/C26H36N4O3S/c1-19(2)8-16-33-24-5-3-4-23(27-24)28-25(32)21-7-6-20(29-34-17-15-31)18-22(21)30-13-11-26(9-10-26)12-14-30/h3-7,18-19,29,31H,8-17H2,1-2H3,(H,27,28,32). The molecule has 1 saturated heterocycles. The maximum absolute atomic E-state index is 13.3. The summed E-state index contributed by atoms with van der Waals surface area (Å²) in [5, 5.41) is 12.0. The number of aromatic nitrogens is 1. The minimum Gasteiger partial charge on any atom is -0.478 e. The predicted octanol–water partition coefficient (Wildman–Crippen LogP) is 5.19. The summed E-state index contributed by atoms with van der Waals surface area (Å²) in [7, 11) is 0. The van der Waals surface area contributed by atoms with Gasteiger partial charge in [-0.25, -0.2) is 0 Å². The number of aliphatic hydroxyl groups is 1. The minimum atomic E-state index is -0.178. The largest absolute Gasteiger partial charge is 0.478 e. The number of carbonyl (C=O) groups excluding carboxylic acids is 1. The molecule has 2 fully saturated rings. The van der Waals surface area contributed by atoms with Gasteiger partial charge in [-0.15, -0.1) is 0 Å². The Balaban J connectivity index is 1.48. The Bertz CT molecular complexity index is 970. The zero-order valence-corrected chi connectivity index (χ0v) is 21.0. The Morgan fingerprint density at radius 3 is 2.71 bits per heavy atom. The molecular formula is C26H36N4O3S. The Morgan fingerprint density at radius 2 is 2.00 bits per heavy atom. The molecule has 1 aliphatic heterocycles. The molecule has 2 aromatic rings. The highest BCUT2D eigenvalue weighted by molar-refractivity contribution is 8.00. The predicted molar refractivity (Wildman–Crippen MR) is 140 cm³/mol. The van der Waals surface area contributed by atoms with E-state index in [0.29, 0.717) is 41.0 Å². The van der Waals surface area contributed by atoms with Crippen molar-refractivity contribution >= 4 is 35.0 Å². The monoisotopic (exact) mass is 484 g/mol. The van der Waals surface area contributed by atoms with Gasteiger partial charge in [-0.3, -0.25) is 4.79 Å². The van der Waals surface area contributed by atoms with Crippen LogP contribution in [0.5, 0.6) is 5.88 Å². The number of anilines is 3. The summed E-state index contributed by atoms with van der Waals surface area (Å²) in [6, 6.07) is 11.3. The molecule has 1 aromatic carbocycles. The zero-order valence-electron chi connectivity index (χ0n) is 20.2. The average molecular weight is 485 g/mol. The van der Waals surface area contributed by atoms with Crippen molar-refractivity contribution in [1.82, 2.24) is 4.98 Å². The van der Waals surface area contributed by atoms with Gasteiger partial charge in [-0.2, -0.15) is 4.98 Å². The molecule has 0 unspecified atom stereocenters. The summed E-state index contributed by atoms with van der Waals surface area (Å²) in [6.07, 6.45) is 6.00. The van der Waals surface area contributed by atoms with Crippen molar-refractivity contribution in [1.29, 1.82) is 0 Å². The van der Waals surface area contributed by atoms with Crippen molar-refractivity contribution in [3.05, 3.63) is 42.0 Å². The van der Waals surface area contributed by atoms with Gasteiger partial charge in [0.25, 0.3) is 5.91 Å². The number of pyridine rings is 1. The van der Waals surface area contributed by atoms with Gasteiger partial charge in [-0.1, -0.05) is 31.9 Å². The molecule has 1 saturated carbocycles. The molecule has 4 rings (SSSR count). The molecule has 1 spiro atoms. The van der Waals surface area contributed by atoms with Crippen LogP contribution in [0.15, 0.2) is 36.4 Å². The molecule has 0 radical (unpaired) electrons. The number of nitrogens with one attached hydrogen (secondary N) is 2. The number of benzene rings is 1. The van der Waals surface area contributed by atoms with Crippen molar-refractivity contribution in [2.24, 2.45) is 11.3 Å². The fourth-order valence-corrected chi connectivity index (χ4v) is 4.76. The van der Waals surface area contributed by atoms with Gasteiger partial charge >= 0.3 is 0 Å². The fourth-order valence-electron chi connectivity index (χ4n) is 4.28. The molecule has 1 aliphatic carbocycles. The van der Waals surface area contributed by atoms with Crippen LogP contribution in [0.3, 0.4) is 0 Å². The smallest absolute Gasteiger partial charge is 0.258 e. The lowest BCUT2D eigenvalue weighted by atomic mass is 9.93. The molecule has 1 aromatic heterocycles. The van der Waals surface area contributed by atoms with Gasteiger partial charge in [0.1, 0.15) is 5.82 Å². The molecule has 8 heteroatoms. The Labute approximate surface area is 206 Å². The molecule has 34 heavy (non-hydrogen) atoms. The normalized spacial score (nSPS) is 16.5. The van der Waals surface area contributed by atoms with Crippen LogP contribution in [-0.4, -0.2) is 48.1 Å². The summed E-state index contributed by atoms with van der Waals surface area (Å²) in [5.41, 5.74) is 3.06. The van der Waals surface area contributed by atoms with Crippen molar-refractivity contribution in [3.63, 3.8) is 0 Å². The highest BCUT2D eigenvalue weighted by atomic mass is 32.2. The van der Waals surface area contributed by atoms with E-state index < -0.39 is 0 Å². The van der Waals surface area contributed by atoms with Crippen LogP contribution in [0.2, 0.25) is 0 Å². The number of nitrogens with zero attached hydrogens (tertiary/aromatic N) is 2. The van der Waals surface area contributed by atoms with Crippen LogP contribution in [0.1, 0.15) is 56.3 Å². The summed E-state index contributed by atoms with van der Waals surface area (Å²) in [4.78, 5) is 20.1. The Morgan fingerprint density at radius 1 is 1.21 bits per heavy atom. The number of ether oxygens (including phenoxy) is 1. The first-order chi connectivity index (χ1) is 16.5. The highest BCUT2D eigenvalue weighted by Crippen LogP contribution is 2.54. The Hall–Kier alpha value is -2.45. The van der Waals surface area contributed by atoms with Crippen LogP contribution in [0, 0.1) is 11.3 Å². The fraction of sp³-hybridized carbons (Fsp3) is 0.538. The minimum absolute atomic E-state index is 0.118. The van der Waals surface area contributed by atoms with E-state index in [-0.39, 0.29) is 12.5 Å². The van der Waals surface area contributed by atoms with Gasteiger partial charge in [0.2, 0.25) is 5.88 Å². The third kappa shape index (κ3) is 6.57. The third-order valence-corrected chi connectivity index (χ3v) is 7.42. The van der Waals surface area contributed by atoms with Gasteiger partial charge in [0, 0.05) is 30.6 Å². The molecule has 7 nitrogen and oxygen atoms in total. The number of rotatable bonds is 11. The second kappa shape index (κ2) is 11.3. The molecule has 2 heterocycles. The van der Waals surface area contributed by atoms with Gasteiger partial charge < -0.3 is 24.8 Å². The molecule has 3 N–H and O–H groups in total. The number of hydrogen-bond donors (Lipinski definition) is 3. The van der Waals surface area contributed by atoms with E-state index in [4.69, 9.17) is 9.84 Å². The van der Waals surface area contributed by atoms with Crippen LogP contribution in [-0.2, 0) is 0 Å². The molecule has 0 atom stereocenters. The highest BCUT2D eigenvalue weighted by Gasteiger charge is 2.44. The lowest BCUT2D eigenvalue weighted by Crippen LogP contribution is -2.35. The van der Waals surface area contributed by atoms with E-state index in [1.54, 1.807) is 6.07 Å². The van der Waals surface area contributed by atoms with Gasteiger partial charge in [0.05, 0.1) is 24.5 Å². The van der Waals surface area contributed by atoms with Crippen LogP contribution < -0.4 is 19.7 Å². The summed E-state index contributed by atoms with van der Waals surface area (Å²) in [5.74, 6) is 1.98. The maximum atomic E-state index is 13.3. The quantitative estimate of drug-likeness (QED) is 0.299. The van der Waals surface area contributed by atoms with E-state index >= 15 is 0 Å². The van der Waals surface area contributed by atoms with E-state index in [1.807, 2.05) is 30.3 Å². The number of amides is 1. The topological polar surface area (TPSA) is 86.7 Å². The van der Waals surface area contributed by atoms with Crippen LogP contribution >= 0.6 is 11.9 Å². The number of hydrogen-bond acceptors (Lipinski definition) is 7. The average Bonchev–Trinajstić information content (AvgIpc) is 3.58. The summed E-state index contributed by atoms with van der Waals surface area (Å²) in [6.45, 7) is 6.96. The van der Waals surface area contributed by atoms with Crippen molar-refractivity contribution in [2.45, 2.75) is 46.0 Å². The summed E-state index contributed by atoms with van der Waals surface area (Å²) >= 11 is 1.46. The van der Waals surface area contributed by atoms with E-state index in [2.05, 4.69) is 33.8 Å². The van der Waals surface area contributed by atoms with E-state index in [0.717, 1.165) is 30.9 Å². The summed E-state index contributed by atoms with van der Waals surface area (Å²) < 4.78 is 9.03. The third-order valence-electron chi connectivity index (χ3n) is 6.66. The number of carbonyl (C=O) groups is 1. The molecular weight excluding hydrogens is 448 g/mol. The molecule has 184 valence electrons. The molecule has 2 aliphatic rings. The first kappa shape index (κ1) is 24.7. The van der Waals surface area contributed by atoms with Gasteiger partial charge in [0.15, 0.2) is 0 Å². The second-order valence-corrected chi connectivity index (χ2v) is 10.6. The zero-order chi connectivity index (χ0) is 24.0. The molecule has 1 amide bonds. The molecule has 0 bridgehead atoms. The van der Waals surface area contributed by atoms with Gasteiger partial charge in [-0.05, 0) is 67.7 Å². The van der Waals surface area contributed by atoms with Crippen LogP contribution in [0.4, 0.5) is 17.2 Å². The lowest BCUT2D eigenvalue weighted by Gasteiger charge is -2.35. The number of piperidine rings is 1.